The fourth-order valence-corrected chi connectivity index (χ4v) is 1.73. The Morgan fingerprint density at radius 2 is 1.86 bits per heavy atom. The molecule has 72 valence electrons. The topological polar surface area (TPSA) is 26.0 Å². The van der Waals surface area contributed by atoms with Crippen LogP contribution in [0.15, 0.2) is 42.0 Å². The molecular weight excluding hydrogens is 170 g/mol. The fourth-order valence-electron chi connectivity index (χ4n) is 1.73. The van der Waals surface area contributed by atoms with Gasteiger partial charge in [-0.05, 0) is 43.0 Å². The number of hydrogen-bond donors (Lipinski definition) is 1. The van der Waals surface area contributed by atoms with E-state index >= 15 is 0 Å². The third kappa shape index (κ3) is 1.87. The molecule has 0 unspecified atom stereocenters. The largest absolute Gasteiger partial charge is 0.399 e. The molecule has 1 aliphatic carbocycles. The van der Waals surface area contributed by atoms with Gasteiger partial charge >= 0.3 is 0 Å². The Labute approximate surface area is 84.9 Å². The smallest absolute Gasteiger partial charge is 0.0314 e. The SMILES string of the molecule is CC1=CC(c2ccc(N)cc2)=CCC1. The van der Waals surface area contributed by atoms with Crippen molar-refractivity contribution >= 4 is 11.3 Å². The summed E-state index contributed by atoms with van der Waals surface area (Å²) in [5.41, 5.74) is 10.5. The van der Waals surface area contributed by atoms with E-state index in [0.717, 1.165) is 12.1 Å². The van der Waals surface area contributed by atoms with Gasteiger partial charge in [0.25, 0.3) is 0 Å². The molecule has 0 saturated carbocycles. The highest BCUT2D eigenvalue weighted by Crippen LogP contribution is 2.25. The van der Waals surface area contributed by atoms with E-state index in [2.05, 4.69) is 31.2 Å². The van der Waals surface area contributed by atoms with E-state index in [1.807, 2.05) is 12.1 Å². The van der Waals surface area contributed by atoms with Crippen LogP contribution in [0.2, 0.25) is 0 Å². The molecule has 0 aliphatic heterocycles. The quantitative estimate of drug-likeness (QED) is 0.667. The van der Waals surface area contributed by atoms with E-state index in [9.17, 15) is 0 Å². The Bertz CT molecular complexity index is 382. The average Bonchev–Trinajstić information content (AvgIpc) is 2.19. The second-order valence-corrected chi connectivity index (χ2v) is 3.81. The zero-order valence-corrected chi connectivity index (χ0v) is 8.46. The Balaban J connectivity index is 2.32. The van der Waals surface area contributed by atoms with Gasteiger partial charge in [0.1, 0.15) is 0 Å². The van der Waals surface area contributed by atoms with Crippen molar-refractivity contribution in [3.8, 4) is 0 Å². The molecule has 0 amide bonds. The lowest BCUT2D eigenvalue weighted by atomic mass is 9.95. The predicted molar refractivity (Wildman–Crippen MR) is 61.8 cm³/mol. The van der Waals surface area contributed by atoms with Gasteiger partial charge in [0.2, 0.25) is 0 Å². The number of rotatable bonds is 1. The third-order valence-electron chi connectivity index (χ3n) is 2.55. The number of anilines is 1. The van der Waals surface area contributed by atoms with Crippen molar-refractivity contribution < 1.29 is 0 Å². The minimum atomic E-state index is 0.825. The lowest BCUT2D eigenvalue weighted by Crippen LogP contribution is -1.90. The average molecular weight is 185 g/mol. The van der Waals surface area contributed by atoms with Gasteiger partial charge in [0.05, 0.1) is 0 Å². The van der Waals surface area contributed by atoms with Crippen molar-refractivity contribution in [3.05, 3.63) is 47.6 Å². The first kappa shape index (κ1) is 9.07. The van der Waals surface area contributed by atoms with Gasteiger partial charge in [-0.1, -0.05) is 29.9 Å². The van der Waals surface area contributed by atoms with Crippen molar-refractivity contribution in [1.29, 1.82) is 0 Å². The van der Waals surface area contributed by atoms with Crippen molar-refractivity contribution in [2.75, 3.05) is 5.73 Å². The molecule has 0 fully saturated rings. The van der Waals surface area contributed by atoms with E-state index in [4.69, 9.17) is 5.73 Å². The Morgan fingerprint density at radius 3 is 2.50 bits per heavy atom. The maximum Gasteiger partial charge on any atom is 0.0314 e. The number of nitrogen functional groups attached to an aromatic ring is 1. The molecule has 2 N–H and O–H groups in total. The van der Waals surface area contributed by atoms with E-state index in [-0.39, 0.29) is 0 Å². The van der Waals surface area contributed by atoms with Crippen molar-refractivity contribution in [2.24, 2.45) is 0 Å². The Kier molecular flexibility index (Phi) is 2.40. The zero-order valence-electron chi connectivity index (χ0n) is 8.46. The first-order valence-corrected chi connectivity index (χ1v) is 4.99. The second-order valence-electron chi connectivity index (χ2n) is 3.81. The van der Waals surface area contributed by atoms with Crippen LogP contribution in [0.25, 0.3) is 5.57 Å². The highest BCUT2D eigenvalue weighted by atomic mass is 14.5. The molecule has 1 aliphatic rings. The first-order valence-electron chi connectivity index (χ1n) is 4.99. The molecular formula is C13H15N. The van der Waals surface area contributed by atoms with Gasteiger partial charge in [0.15, 0.2) is 0 Å². The summed E-state index contributed by atoms with van der Waals surface area (Å²) < 4.78 is 0. The summed E-state index contributed by atoms with van der Waals surface area (Å²) >= 11 is 0. The van der Waals surface area contributed by atoms with Crippen LogP contribution in [-0.4, -0.2) is 0 Å². The van der Waals surface area contributed by atoms with Crippen LogP contribution in [0.1, 0.15) is 25.3 Å². The minimum Gasteiger partial charge on any atom is -0.399 e. The lowest BCUT2D eigenvalue weighted by Gasteiger charge is -2.10. The summed E-state index contributed by atoms with van der Waals surface area (Å²) in [6.07, 6.45) is 6.90. The molecule has 2 rings (SSSR count). The van der Waals surface area contributed by atoms with Gasteiger partial charge in [-0.2, -0.15) is 0 Å². The van der Waals surface area contributed by atoms with E-state index in [1.165, 1.54) is 23.1 Å². The van der Waals surface area contributed by atoms with Gasteiger partial charge in [-0.15, -0.1) is 0 Å². The Hall–Kier alpha value is -1.50. The molecule has 0 radical (unpaired) electrons. The third-order valence-corrected chi connectivity index (χ3v) is 2.55. The molecule has 0 bridgehead atoms. The summed E-state index contributed by atoms with van der Waals surface area (Å²) in [6.45, 7) is 2.18. The molecule has 1 aromatic rings. The summed E-state index contributed by atoms with van der Waals surface area (Å²) in [5, 5.41) is 0. The molecule has 0 spiro atoms. The van der Waals surface area contributed by atoms with Crippen LogP contribution in [0.4, 0.5) is 5.69 Å². The lowest BCUT2D eigenvalue weighted by molar-refractivity contribution is 0.966. The van der Waals surface area contributed by atoms with Gasteiger partial charge in [-0.3, -0.25) is 0 Å². The van der Waals surface area contributed by atoms with E-state index < -0.39 is 0 Å². The van der Waals surface area contributed by atoms with E-state index in [0.29, 0.717) is 0 Å². The van der Waals surface area contributed by atoms with Crippen LogP contribution in [0.5, 0.6) is 0 Å². The minimum absolute atomic E-state index is 0.825. The standard InChI is InChI=1S/C13H15N/c1-10-3-2-4-12(9-10)11-5-7-13(14)8-6-11/h4-9H,2-3,14H2,1H3. The maximum atomic E-state index is 5.65. The highest BCUT2D eigenvalue weighted by molar-refractivity contribution is 5.76. The molecule has 1 aromatic carbocycles. The van der Waals surface area contributed by atoms with Crippen LogP contribution < -0.4 is 5.73 Å². The summed E-state index contributed by atoms with van der Waals surface area (Å²) in [4.78, 5) is 0. The van der Waals surface area contributed by atoms with Crippen molar-refractivity contribution in [3.63, 3.8) is 0 Å². The predicted octanol–water partition coefficient (Wildman–Crippen LogP) is 3.39. The van der Waals surface area contributed by atoms with Crippen LogP contribution in [-0.2, 0) is 0 Å². The molecule has 14 heavy (non-hydrogen) atoms. The van der Waals surface area contributed by atoms with Gasteiger partial charge in [0, 0.05) is 5.69 Å². The molecule has 1 heteroatoms. The van der Waals surface area contributed by atoms with Crippen LogP contribution >= 0.6 is 0 Å². The monoisotopic (exact) mass is 185 g/mol. The van der Waals surface area contributed by atoms with Crippen LogP contribution in [0.3, 0.4) is 0 Å². The number of nitrogens with two attached hydrogens (primary N) is 1. The molecule has 0 aromatic heterocycles. The number of allylic oxidation sites excluding steroid dienone is 4. The summed E-state index contributed by atoms with van der Waals surface area (Å²) in [7, 11) is 0. The fraction of sp³-hybridized carbons (Fsp3) is 0.231. The normalized spacial score (nSPS) is 16.1. The maximum absolute atomic E-state index is 5.65. The second kappa shape index (κ2) is 3.70. The first-order chi connectivity index (χ1) is 6.75. The molecule has 0 saturated heterocycles. The Morgan fingerprint density at radius 1 is 1.14 bits per heavy atom. The number of benzene rings is 1. The molecule has 1 nitrogen and oxygen atoms in total. The zero-order chi connectivity index (χ0) is 9.97. The van der Waals surface area contributed by atoms with Gasteiger partial charge in [-0.25, -0.2) is 0 Å². The summed E-state index contributed by atoms with van der Waals surface area (Å²) in [6, 6.07) is 8.06. The summed E-state index contributed by atoms with van der Waals surface area (Å²) in [5.74, 6) is 0. The highest BCUT2D eigenvalue weighted by Gasteiger charge is 2.03. The van der Waals surface area contributed by atoms with E-state index in [1.54, 1.807) is 0 Å². The molecule has 0 atom stereocenters. The van der Waals surface area contributed by atoms with Crippen LogP contribution in [0, 0.1) is 0 Å². The van der Waals surface area contributed by atoms with Crippen molar-refractivity contribution in [1.82, 2.24) is 0 Å². The van der Waals surface area contributed by atoms with Crippen molar-refractivity contribution in [2.45, 2.75) is 19.8 Å². The van der Waals surface area contributed by atoms with Gasteiger partial charge < -0.3 is 5.73 Å². The molecule has 0 heterocycles. The number of hydrogen-bond acceptors (Lipinski definition) is 1.